The van der Waals surface area contributed by atoms with E-state index in [-0.39, 0.29) is 0 Å². The van der Waals surface area contributed by atoms with Crippen molar-refractivity contribution in [2.75, 3.05) is 13.1 Å². The van der Waals surface area contributed by atoms with Crippen LogP contribution < -0.4 is 0 Å². The predicted molar refractivity (Wildman–Crippen MR) is 101 cm³/mol. The zero-order valence-corrected chi connectivity index (χ0v) is 14.8. The van der Waals surface area contributed by atoms with Gasteiger partial charge in [0.1, 0.15) is 5.41 Å². The molecule has 128 valence electrons. The molecule has 4 rings (SSSR count). The molecular weight excluding hydrogens is 304 g/mol. The van der Waals surface area contributed by atoms with Gasteiger partial charge < -0.3 is 0 Å². The van der Waals surface area contributed by atoms with E-state index in [0.29, 0.717) is 5.92 Å². The van der Waals surface area contributed by atoms with Crippen molar-refractivity contribution in [1.82, 2.24) is 4.90 Å². The lowest BCUT2D eigenvalue weighted by atomic mass is 9.63. The molecule has 1 aliphatic heterocycles. The maximum atomic E-state index is 10.3. The van der Waals surface area contributed by atoms with Crippen molar-refractivity contribution in [2.45, 2.75) is 43.6 Å². The molecule has 0 amide bonds. The van der Waals surface area contributed by atoms with Crippen molar-refractivity contribution in [3.8, 4) is 6.07 Å². The molecule has 1 saturated heterocycles. The van der Waals surface area contributed by atoms with Crippen LogP contribution in [0.2, 0.25) is 0 Å². The lowest BCUT2D eigenvalue weighted by molar-refractivity contribution is 0.0149. The Labute approximate surface area is 151 Å². The fourth-order valence-electron chi connectivity index (χ4n) is 4.79. The van der Waals surface area contributed by atoms with E-state index in [1.165, 1.54) is 32.1 Å². The second-order valence-electron chi connectivity index (χ2n) is 7.59. The van der Waals surface area contributed by atoms with Crippen LogP contribution in [0.3, 0.4) is 0 Å². The van der Waals surface area contributed by atoms with Crippen LogP contribution >= 0.6 is 0 Å². The van der Waals surface area contributed by atoms with Gasteiger partial charge in [0.2, 0.25) is 0 Å². The number of likely N-dealkylation sites (tertiary alicyclic amines) is 1. The number of nitriles is 1. The Bertz CT molecular complexity index is 680. The van der Waals surface area contributed by atoms with Crippen LogP contribution in [-0.4, -0.2) is 24.0 Å². The number of benzene rings is 2. The fraction of sp³-hybridized carbons (Fsp3) is 0.435. The molecule has 1 heterocycles. The second-order valence-corrected chi connectivity index (χ2v) is 7.59. The third-order valence-corrected chi connectivity index (χ3v) is 6.25. The first-order valence-electron chi connectivity index (χ1n) is 9.61. The quantitative estimate of drug-likeness (QED) is 0.808. The Hall–Kier alpha value is -2.11. The van der Waals surface area contributed by atoms with E-state index in [0.717, 1.165) is 30.3 Å². The number of nitrogens with zero attached hydrogens (tertiary/aromatic N) is 2. The highest BCUT2D eigenvalue weighted by Crippen LogP contribution is 2.44. The van der Waals surface area contributed by atoms with Gasteiger partial charge in [0.15, 0.2) is 0 Å². The Morgan fingerprint density at radius 2 is 1.32 bits per heavy atom. The standard InChI is InChI=1S/C23H26N2/c24-18-23(19-10-4-1-5-11-19,20-12-6-2-7-13-20)21-16-25(17-21)22-14-8-3-9-15-22/h1-2,4-7,10-13,21-22H,3,8-9,14-17H2. The average Bonchev–Trinajstić information content (AvgIpc) is 2.66. The molecule has 0 bridgehead atoms. The summed E-state index contributed by atoms with van der Waals surface area (Å²) in [7, 11) is 0. The monoisotopic (exact) mass is 330 g/mol. The van der Waals surface area contributed by atoms with Gasteiger partial charge in [-0.2, -0.15) is 5.26 Å². The molecule has 0 unspecified atom stereocenters. The van der Waals surface area contributed by atoms with Crippen molar-refractivity contribution in [3.63, 3.8) is 0 Å². The predicted octanol–water partition coefficient (Wildman–Crippen LogP) is 4.76. The van der Waals surface area contributed by atoms with E-state index in [4.69, 9.17) is 0 Å². The van der Waals surface area contributed by atoms with Crippen molar-refractivity contribution < 1.29 is 0 Å². The third kappa shape index (κ3) is 2.87. The highest BCUT2D eigenvalue weighted by molar-refractivity contribution is 5.48. The van der Waals surface area contributed by atoms with Gasteiger partial charge in [0.25, 0.3) is 0 Å². The maximum Gasteiger partial charge on any atom is 0.112 e. The molecule has 25 heavy (non-hydrogen) atoms. The van der Waals surface area contributed by atoms with E-state index in [9.17, 15) is 5.26 Å². The topological polar surface area (TPSA) is 27.0 Å². The Morgan fingerprint density at radius 1 is 0.800 bits per heavy atom. The SMILES string of the molecule is N#CC(c1ccccc1)(c1ccccc1)C1CN(C2CCCCC2)C1. The molecule has 0 atom stereocenters. The van der Waals surface area contributed by atoms with Gasteiger partial charge in [-0.15, -0.1) is 0 Å². The molecule has 0 aromatic heterocycles. The summed E-state index contributed by atoms with van der Waals surface area (Å²) >= 11 is 0. The molecule has 2 nitrogen and oxygen atoms in total. The van der Waals surface area contributed by atoms with Crippen molar-refractivity contribution in [3.05, 3.63) is 71.8 Å². The first-order valence-corrected chi connectivity index (χ1v) is 9.61. The average molecular weight is 330 g/mol. The number of hydrogen-bond acceptors (Lipinski definition) is 2. The summed E-state index contributed by atoms with van der Waals surface area (Å²) in [6, 6.07) is 24.3. The lowest BCUT2D eigenvalue weighted by Gasteiger charge is -2.51. The molecule has 1 saturated carbocycles. The summed E-state index contributed by atoms with van der Waals surface area (Å²) in [5, 5.41) is 10.3. The normalized spacial score (nSPS) is 20.0. The Balaban J connectivity index is 1.65. The van der Waals surface area contributed by atoms with Crippen LogP contribution in [0.15, 0.2) is 60.7 Å². The molecule has 2 aromatic carbocycles. The zero-order valence-electron chi connectivity index (χ0n) is 14.8. The van der Waals surface area contributed by atoms with Gasteiger partial charge in [-0.1, -0.05) is 79.9 Å². The van der Waals surface area contributed by atoms with E-state index in [1.54, 1.807) is 0 Å². The minimum Gasteiger partial charge on any atom is -0.300 e. The molecule has 2 aliphatic rings. The molecular formula is C23H26N2. The highest BCUT2D eigenvalue weighted by atomic mass is 15.2. The first kappa shape index (κ1) is 16.4. The molecule has 2 fully saturated rings. The van der Waals surface area contributed by atoms with Crippen molar-refractivity contribution in [2.24, 2.45) is 5.92 Å². The van der Waals surface area contributed by atoms with E-state index in [2.05, 4.69) is 59.5 Å². The number of hydrogen-bond donors (Lipinski definition) is 0. The van der Waals surface area contributed by atoms with Crippen molar-refractivity contribution in [1.29, 1.82) is 5.26 Å². The fourth-order valence-corrected chi connectivity index (χ4v) is 4.79. The first-order chi connectivity index (χ1) is 12.3. The summed E-state index contributed by atoms with van der Waals surface area (Å²) < 4.78 is 0. The van der Waals surface area contributed by atoms with Crippen LogP contribution in [0.5, 0.6) is 0 Å². The van der Waals surface area contributed by atoms with Gasteiger partial charge >= 0.3 is 0 Å². The third-order valence-electron chi connectivity index (χ3n) is 6.25. The Kier molecular flexibility index (Phi) is 4.59. The zero-order chi connectivity index (χ0) is 17.1. The molecule has 1 aliphatic carbocycles. The van der Waals surface area contributed by atoms with E-state index >= 15 is 0 Å². The summed E-state index contributed by atoms with van der Waals surface area (Å²) in [6.45, 7) is 2.09. The minimum atomic E-state index is -0.534. The van der Waals surface area contributed by atoms with Gasteiger partial charge in [-0.25, -0.2) is 0 Å². The minimum absolute atomic E-state index is 0.365. The van der Waals surface area contributed by atoms with Crippen LogP contribution in [0.25, 0.3) is 0 Å². The van der Waals surface area contributed by atoms with Crippen LogP contribution in [0.4, 0.5) is 0 Å². The smallest absolute Gasteiger partial charge is 0.112 e. The van der Waals surface area contributed by atoms with Crippen LogP contribution in [0.1, 0.15) is 43.2 Å². The summed E-state index contributed by atoms with van der Waals surface area (Å²) in [5.74, 6) is 0.365. The number of rotatable bonds is 4. The van der Waals surface area contributed by atoms with Crippen molar-refractivity contribution >= 4 is 0 Å². The van der Waals surface area contributed by atoms with Gasteiger partial charge in [-0.3, -0.25) is 4.90 Å². The second kappa shape index (κ2) is 7.02. The molecule has 2 aromatic rings. The van der Waals surface area contributed by atoms with Gasteiger partial charge in [0, 0.05) is 25.0 Å². The summed E-state index contributed by atoms with van der Waals surface area (Å²) in [6.07, 6.45) is 6.80. The van der Waals surface area contributed by atoms with Gasteiger partial charge in [-0.05, 0) is 24.0 Å². The maximum absolute atomic E-state index is 10.3. The highest BCUT2D eigenvalue weighted by Gasteiger charge is 2.49. The lowest BCUT2D eigenvalue weighted by Crippen LogP contribution is -2.59. The van der Waals surface area contributed by atoms with Crippen LogP contribution in [-0.2, 0) is 5.41 Å². The largest absolute Gasteiger partial charge is 0.300 e. The van der Waals surface area contributed by atoms with E-state index < -0.39 is 5.41 Å². The molecule has 0 spiro atoms. The molecule has 0 N–H and O–H groups in total. The molecule has 2 heteroatoms. The summed E-state index contributed by atoms with van der Waals surface area (Å²) in [5.41, 5.74) is 1.74. The molecule has 0 radical (unpaired) electrons. The van der Waals surface area contributed by atoms with Crippen LogP contribution in [0, 0.1) is 17.2 Å². The summed E-state index contributed by atoms with van der Waals surface area (Å²) in [4.78, 5) is 2.63. The Morgan fingerprint density at radius 3 is 1.80 bits per heavy atom. The van der Waals surface area contributed by atoms with Gasteiger partial charge in [0.05, 0.1) is 6.07 Å². The van der Waals surface area contributed by atoms with E-state index in [1.807, 2.05) is 12.1 Å².